The molecule has 0 unspecified atom stereocenters. The third-order valence-corrected chi connectivity index (χ3v) is 6.52. The van der Waals surface area contributed by atoms with Crippen molar-refractivity contribution in [1.82, 2.24) is 20.1 Å². The zero-order chi connectivity index (χ0) is 24.1. The molecular weight excluding hydrogens is 481 g/mol. The molecule has 11 heteroatoms. The number of carbonyl (C=O) groups is 1. The van der Waals surface area contributed by atoms with Crippen LogP contribution in [0, 0.1) is 5.82 Å². The molecule has 0 aliphatic carbocycles. The molecule has 8 nitrogen and oxygen atoms in total. The Bertz CT molecular complexity index is 1410. The molecular formula is C23H19ClFN5O3S. The van der Waals surface area contributed by atoms with Gasteiger partial charge in [-0.15, -0.1) is 0 Å². The molecule has 4 rings (SSSR count). The normalized spacial score (nSPS) is 11.2. The van der Waals surface area contributed by atoms with E-state index < -0.39 is 15.8 Å². The Labute approximate surface area is 200 Å². The predicted octanol–water partition coefficient (Wildman–Crippen LogP) is 3.85. The average molecular weight is 500 g/mol. The molecule has 174 valence electrons. The Kier molecular flexibility index (Phi) is 6.90. The van der Waals surface area contributed by atoms with Gasteiger partial charge in [-0.1, -0.05) is 35.9 Å². The highest BCUT2D eigenvalue weighted by atomic mass is 35.5. The van der Waals surface area contributed by atoms with Crippen LogP contribution in [0.2, 0.25) is 5.02 Å². The minimum Gasteiger partial charge on any atom is -0.348 e. The second kappa shape index (κ2) is 10.0. The Morgan fingerprint density at radius 3 is 2.50 bits per heavy atom. The number of nitrogens with zero attached hydrogens (tertiary/aromatic N) is 3. The minimum absolute atomic E-state index is 0.174. The summed E-state index contributed by atoms with van der Waals surface area (Å²) in [6, 6.07) is 16.8. The fourth-order valence-electron chi connectivity index (χ4n) is 3.17. The maximum atomic E-state index is 13.3. The summed E-state index contributed by atoms with van der Waals surface area (Å²) in [7, 11) is -3.97. The summed E-state index contributed by atoms with van der Waals surface area (Å²) in [5, 5.41) is 6.63. The molecule has 0 fully saturated rings. The van der Waals surface area contributed by atoms with Gasteiger partial charge in [-0.05, 0) is 53.6 Å². The number of anilines is 1. The fourth-order valence-corrected chi connectivity index (χ4v) is 4.50. The molecule has 3 aromatic carbocycles. The van der Waals surface area contributed by atoms with E-state index in [0.29, 0.717) is 18.7 Å². The first-order valence-corrected chi connectivity index (χ1v) is 11.9. The molecule has 0 aliphatic rings. The van der Waals surface area contributed by atoms with E-state index in [0.717, 1.165) is 29.3 Å². The van der Waals surface area contributed by atoms with E-state index in [1.54, 1.807) is 11.0 Å². The summed E-state index contributed by atoms with van der Waals surface area (Å²) in [6.45, 7) is 0.896. The molecule has 0 atom stereocenters. The van der Waals surface area contributed by atoms with Gasteiger partial charge in [-0.2, -0.15) is 5.10 Å². The van der Waals surface area contributed by atoms with E-state index in [1.807, 2.05) is 24.3 Å². The Hall–Kier alpha value is -3.76. The summed E-state index contributed by atoms with van der Waals surface area (Å²) in [6.07, 6.45) is 3.10. The van der Waals surface area contributed by atoms with Gasteiger partial charge in [0.25, 0.3) is 15.9 Å². The monoisotopic (exact) mass is 499 g/mol. The highest BCUT2D eigenvalue weighted by molar-refractivity contribution is 7.92. The summed E-state index contributed by atoms with van der Waals surface area (Å²) >= 11 is 5.67. The number of amides is 1. The van der Waals surface area contributed by atoms with Crippen molar-refractivity contribution in [3.05, 3.63) is 107 Å². The van der Waals surface area contributed by atoms with E-state index in [-0.39, 0.29) is 21.5 Å². The van der Waals surface area contributed by atoms with Crippen LogP contribution >= 0.6 is 11.6 Å². The maximum Gasteiger partial charge on any atom is 0.261 e. The van der Waals surface area contributed by atoms with Gasteiger partial charge >= 0.3 is 0 Å². The number of benzene rings is 3. The zero-order valence-corrected chi connectivity index (χ0v) is 19.2. The van der Waals surface area contributed by atoms with Crippen LogP contribution in [0.5, 0.6) is 0 Å². The van der Waals surface area contributed by atoms with Crippen LogP contribution in [-0.2, 0) is 23.1 Å². The largest absolute Gasteiger partial charge is 0.348 e. The molecule has 1 aromatic heterocycles. The Morgan fingerprint density at radius 2 is 1.79 bits per heavy atom. The Balaban J connectivity index is 1.36. The highest BCUT2D eigenvalue weighted by Gasteiger charge is 2.16. The van der Waals surface area contributed by atoms with E-state index in [1.165, 1.54) is 30.6 Å². The molecule has 1 amide bonds. The quantitative estimate of drug-likeness (QED) is 0.383. The summed E-state index contributed by atoms with van der Waals surface area (Å²) in [5.41, 5.74) is 2.56. The first-order chi connectivity index (χ1) is 16.3. The van der Waals surface area contributed by atoms with Crippen LogP contribution in [-0.4, -0.2) is 29.1 Å². The van der Waals surface area contributed by atoms with Crippen molar-refractivity contribution in [1.29, 1.82) is 0 Å². The van der Waals surface area contributed by atoms with E-state index in [4.69, 9.17) is 11.6 Å². The molecule has 2 N–H and O–H groups in total. The third-order valence-electron chi connectivity index (χ3n) is 4.86. The van der Waals surface area contributed by atoms with Crippen LogP contribution in [0.15, 0.2) is 84.3 Å². The topological polar surface area (TPSA) is 106 Å². The van der Waals surface area contributed by atoms with Gasteiger partial charge in [0.2, 0.25) is 0 Å². The van der Waals surface area contributed by atoms with Crippen LogP contribution in [0.3, 0.4) is 0 Å². The lowest BCUT2D eigenvalue weighted by molar-refractivity contribution is 0.0951. The van der Waals surface area contributed by atoms with Gasteiger partial charge in [-0.3, -0.25) is 9.52 Å². The molecule has 34 heavy (non-hydrogen) atoms. The summed E-state index contributed by atoms with van der Waals surface area (Å²) in [4.78, 5) is 16.3. The van der Waals surface area contributed by atoms with Crippen LogP contribution in [0.4, 0.5) is 10.1 Å². The molecule has 0 spiro atoms. The number of nitrogens with one attached hydrogen (secondary N) is 2. The Morgan fingerprint density at radius 1 is 1.03 bits per heavy atom. The van der Waals surface area contributed by atoms with E-state index in [2.05, 4.69) is 20.1 Å². The molecule has 0 radical (unpaired) electrons. The fraction of sp³-hybridized carbons (Fsp3) is 0.0870. The molecule has 0 saturated heterocycles. The molecule has 0 bridgehead atoms. The number of sulfonamides is 1. The van der Waals surface area contributed by atoms with Gasteiger partial charge in [0.1, 0.15) is 18.5 Å². The van der Waals surface area contributed by atoms with Gasteiger partial charge in [-0.25, -0.2) is 22.5 Å². The predicted molar refractivity (Wildman–Crippen MR) is 125 cm³/mol. The van der Waals surface area contributed by atoms with Crippen molar-refractivity contribution >= 4 is 33.2 Å². The molecule has 0 aliphatic heterocycles. The second-order valence-electron chi connectivity index (χ2n) is 7.35. The second-order valence-corrected chi connectivity index (χ2v) is 9.44. The number of halogens is 2. The molecule has 0 saturated carbocycles. The van der Waals surface area contributed by atoms with Gasteiger partial charge in [0, 0.05) is 17.8 Å². The summed E-state index contributed by atoms with van der Waals surface area (Å²) < 4.78 is 42.4. The van der Waals surface area contributed by atoms with Gasteiger partial charge in [0.05, 0.1) is 16.5 Å². The van der Waals surface area contributed by atoms with Crippen molar-refractivity contribution in [2.75, 3.05) is 4.72 Å². The van der Waals surface area contributed by atoms with Crippen LogP contribution in [0.25, 0.3) is 0 Å². The van der Waals surface area contributed by atoms with Crippen molar-refractivity contribution in [2.45, 2.75) is 18.0 Å². The number of hydrogen-bond acceptors (Lipinski definition) is 5. The van der Waals surface area contributed by atoms with Gasteiger partial charge < -0.3 is 5.32 Å². The maximum absolute atomic E-state index is 13.3. The lowest BCUT2D eigenvalue weighted by Gasteiger charge is -2.10. The first-order valence-electron chi connectivity index (χ1n) is 10.1. The number of aromatic nitrogens is 3. The highest BCUT2D eigenvalue weighted by Crippen LogP contribution is 2.22. The van der Waals surface area contributed by atoms with E-state index >= 15 is 0 Å². The van der Waals surface area contributed by atoms with Crippen molar-refractivity contribution < 1.29 is 17.6 Å². The van der Waals surface area contributed by atoms with Crippen molar-refractivity contribution in [3.8, 4) is 0 Å². The number of hydrogen-bond donors (Lipinski definition) is 2. The third kappa shape index (κ3) is 5.77. The number of carbonyl (C=O) groups excluding carboxylic acids is 1. The lowest BCUT2D eigenvalue weighted by Crippen LogP contribution is -2.23. The average Bonchev–Trinajstić information content (AvgIpc) is 3.33. The number of rotatable bonds is 8. The smallest absolute Gasteiger partial charge is 0.261 e. The minimum atomic E-state index is -3.97. The zero-order valence-electron chi connectivity index (χ0n) is 17.7. The lowest BCUT2D eigenvalue weighted by atomic mass is 10.1. The van der Waals surface area contributed by atoms with Crippen molar-refractivity contribution in [3.63, 3.8) is 0 Å². The first kappa shape index (κ1) is 23.4. The SMILES string of the molecule is O=C(NCc1cccc(Cn2cncn2)c1)c1ccc(NS(=O)(=O)c2ccc(F)c(Cl)c2)cc1. The standard InChI is InChI=1S/C23H19ClFN5O3S/c24-21-11-20(8-9-22(21)25)34(32,33)29-19-6-4-18(5-7-19)23(31)27-12-16-2-1-3-17(10-16)13-30-15-26-14-28-30/h1-11,14-15,29H,12-13H2,(H,27,31). The molecule has 4 aromatic rings. The van der Waals surface area contributed by atoms with Crippen molar-refractivity contribution in [2.24, 2.45) is 0 Å². The molecule has 1 heterocycles. The summed E-state index contributed by atoms with van der Waals surface area (Å²) in [5.74, 6) is -1.01. The van der Waals surface area contributed by atoms with Crippen LogP contribution < -0.4 is 10.0 Å². The van der Waals surface area contributed by atoms with Crippen LogP contribution in [0.1, 0.15) is 21.5 Å². The van der Waals surface area contributed by atoms with E-state index in [9.17, 15) is 17.6 Å². The van der Waals surface area contributed by atoms with Gasteiger partial charge in [0.15, 0.2) is 0 Å².